The van der Waals surface area contributed by atoms with Crippen LogP contribution in [0.3, 0.4) is 0 Å². The van der Waals surface area contributed by atoms with Gasteiger partial charge in [0.1, 0.15) is 35.2 Å². The second-order valence-corrected chi connectivity index (χ2v) is 8.68. The van der Waals surface area contributed by atoms with Gasteiger partial charge >= 0.3 is 12.1 Å². The average molecular weight is 544 g/mol. The first-order valence-corrected chi connectivity index (χ1v) is 11.7. The molecule has 0 radical (unpaired) electrons. The molecule has 0 saturated carbocycles. The number of likely N-dealkylation sites (tertiary alicyclic amines) is 1. The second-order valence-electron chi connectivity index (χ2n) is 8.68. The molecule has 39 heavy (non-hydrogen) atoms. The van der Waals surface area contributed by atoms with Crippen molar-refractivity contribution in [3.63, 3.8) is 0 Å². The fourth-order valence-electron chi connectivity index (χ4n) is 4.26. The van der Waals surface area contributed by atoms with Crippen molar-refractivity contribution in [2.45, 2.75) is 31.6 Å². The van der Waals surface area contributed by atoms with E-state index in [0.717, 1.165) is 0 Å². The molecule has 11 nitrogen and oxygen atoms in total. The van der Waals surface area contributed by atoms with Crippen molar-refractivity contribution >= 4 is 23.3 Å². The lowest BCUT2D eigenvalue weighted by atomic mass is 10.2. The number of aromatic nitrogens is 5. The highest BCUT2D eigenvalue weighted by Crippen LogP contribution is 2.29. The summed E-state index contributed by atoms with van der Waals surface area (Å²) < 4.78 is 59.4. The molecule has 4 heterocycles. The van der Waals surface area contributed by atoms with E-state index in [4.69, 9.17) is 10.3 Å². The minimum Gasteiger partial charge on any atom is -0.382 e. The Balaban J connectivity index is 1.39. The van der Waals surface area contributed by atoms with Crippen LogP contribution >= 0.6 is 0 Å². The molecule has 1 aliphatic heterocycles. The number of alkyl halides is 3. The van der Waals surface area contributed by atoms with Gasteiger partial charge < -0.3 is 20.5 Å². The highest BCUT2D eigenvalue weighted by molar-refractivity contribution is 5.99. The van der Waals surface area contributed by atoms with Crippen LogP contribution < -0.4 is 11.1 Å². The number of nitrogens with zero attached hydrogens (tertiary/aromatic N) is 6. The zero-order valence-electron chi connectivity index (χ0n) is 20.0. The van der Waals surface area contributed by atoms with Crippen molar-refractivity contribution in [3.05, 3.63) is 60.2 Å². The van der Waals surface area contributed by atoms with Crippen LogP contribution in [0, 0.1) is 5.82 Å². The number of anilines is 2. The average Bonchev–Trinajstić information content (AvgIpc) is 3.66. The summed E-state index contributed by atoms with van der Waals surface area (Å²) in [4.78, 5) is 33.2. The van der Waals surface area contributed by atoms with Gasteiger partial charge in [-0.05, 0) is 25.0 Å². The Morgan fingerprint density at radius 1 is 1.18 bits per heavy atom. The number of amides is 2. The molecule has 5 rings (SSSR count). The summed E-state index contributed by atoms with van der Waals surface area (Å²) in [5.74, 6) is -3.44. The fourth-order valence-corrected chi connectivity index (χ4v) is 4.26. The molecule has 1 atom stereocenters. The molecule has 1 aliphatic rings. The first kappa shape index (κ1) is 25.8. The zero-order valence-corrected chi connectivity index (χ0v) is 20.0. The van der Waals surface area contributed by atoms with Crippen molar-refractivity contribution in [2.24, 2.45) is 0 Å². The minimum atomic E-state index is -5.09. The van der Waals surface area contributed by atoms with Crippen molar-refractivity contribution in [2.75, 3.05) is 17.6 Å². The Hall–Kier alpha value is -4.82. The smallest absolute Gasteiger partial charge is 0.382 e. The molecule has 0 aliphatic carbocycles. The number of nitrogens with one attached hydrogen (secondary N) is 1. The number of rotatable bonds is 6. The van der Waals surface area contributed by atoms with Crippen LogP contribution in [0.5, 0.6) is 0 Å². The molecule has 2 amide bonds. The standard InChI is InChI=1S/C24H20F4N8O3/c25-14-5-2-1-4-13(14)12-36-19(15-7-9-39-34-15)10-16(33-36)21-30-11-17(20(29)32-21)31-22(37)18-6-3-8-35(18)23(38)24(26,27)28/h1-2,4-5,7,9-11,18H,3,6,8,12H2,(H,31,37)(H2,29,30,32)/t18-/m1/s1. The Labute approximate surface area is 217 Å². The van der Waals surface area contributed by atoms with Gasteiger partial charge in [0.05, 0.1) is 18.4 Å². The molecule has 0 bridgehead atoms. The van der Waals surface area contributed by atoms with Crippen molar-refractivity contribution in [3.8, 4) is 22.9 Å². The summed E-state index contributed by atoms with van der Waals surface area (Å²) in [6.07, 6.45) is -2.22. The van der Waals surface area contributed by atoms with Gasteiger partial charge in [-0.2, -0.15) is 18.3 Å². The van der Waals surface area contributed by atoms with Crippen LogP contribution in [0.25, 0.3) is 22.9 Å². The monoisotopic (exact) mass is 544 g/mol. The molecule has 1 fully saturated rings. The first-order valence-electron chi connectivity index (χ1n) is 11.7. The van der Waals surface area contributed by atoms with Crippen LogP contribution in [0.1, 0.15) is 18.4 Å². The molecule has 3 N–H and O–H groups in total. The molecule has 0 spiro atoms. The van der Waals surface area contributed by atoms with Crippen LogP contribution in [-0.2, 0) is 16.1 Å². The lowest BCUT2D eigenvalue weighted by Gasteiger charge is -2.24. The highest BCUT2D eigenvalue weighted by Gasteiger charge is 2.47. The van der Waals surface area contributed by atoms with Crippen LogP contribution in [0.2, 0.25) is 0 Å². The van der Waals surface area contributed by atoms with Gasteiger partial charge in [-0.25, -0.2) is 14.4 Å². The number of hydrogen-bond acceptors (Lipinski definition) is 8. The lowest BCUT2D eigenvalue weighted by molar-refractivity contribution is -0.186. The Morgan fingerprint density at radius 2 is 1.97 bits per heavy atom. The summed E-state index contributed by atoms with van der Waals surface area (Å²) in [6, 6.07) is 8.10. The van der Waals surface area contributed by atoms with Crippen molar-refractivity contribution in [1.82, 2.24) is 29.8 Å². The topological polar surface area (TPSA) is 145 Å². The van der Waals surface area contributed by atoms with E-state index in [1.165, 1.54) is 23.2 Å². The fraction of sp³-hybridized carbons (Fsp3) is 0.250. The molecule has 0 unspecified atom stereocenters. The van der Waals surface area contributed by atoms with Crippen LogP contribution in [0.4, 0.5) is 29.1 Å². The van der Waals surface area contributed by atoms with Gasteiger partial charge in [0, 0.05) is 18.2 Å². The van der Waals surface area contributed by atoms with E-state index in [1.54, 1.807) is 30.3 Å². The largest absolute Gasteiger partial charge is 0.471 e. The van der Waals surface area contributed by atoms with Crippen molar-refractivity contribution < 1.29 is 31.7 Å². The molecular weight excluding hydrogens is 524 g/mol. The Bertz CT molecular complexity index is 1520. The first-order chi connectivity index (χ1) is 18.6. The maximum Gasteiger partial charge on any atom is 0.471 e. The van der Waals surface area contributed by atoms with Gasteiger partial charge in [-0.15, -0.1) is 0 Å². The van der Waals surface area contributed by atoms with E-state index < -0.39 is 29.8 Å². The number of carbonyl (C=O) groups excluding carboxylic acids is 2. The zero-order chi connectivity index (χ0) is 27.7. The summed E-state index contributed by atoms with van der Waals surface area (Å²) in [6.45, 7) is -0.127. The summed E-state index contributed by atoms with van der Waals surface area (Å²) in [5.41, 5.74) is 7.51. The lowest BCUT2D eigenvalue weighted by Crippen LogP contribution is -2.48. The third kappa shape index (κ3) is 5.28. The Kier molecular flexibility index (Phi) is 6.72. The molecule has 202 valence electrons. The predicted molar refractivity (Wildman–Crippen MR) is 128 cm³/mol. The second kappa shape index (κ2) is 10.2. The van der Waals surface area contributed by atoms with E-state index in [2.05, 4.69) is 25.5 Å². The third-order valence-electron chi connectivity index (χ3n) is 6.12. The van der Waals surface area contributed by atoms with E-state index in [-0.39, 0.29) is 49.0 Å². The predicted octanol–water partition coefficient (Wildman–Crippen LogP) is 3.26. The molecular formula is C24H20F4N8O3. The molecule has 15 heteroatoms. The van der Waals surface area contributed by atoms with Crippen molar-refractivity contribution in [1.29, 1.82) is 0 Å². The highest BCUT2D eigenvalue weighted by atomic mass is 19.4. The normalized spacial score (nSPS) is 15.5. The van der Waals surface area contributed by atoms with Gasteiger partial charge in [-0.3, -0.25) is 14.3 Å². The third-order valence-corrected chi connectivity index (χ3v) is 6.12. The van der Waals surface area contributed by atoms with E-state index in [9.17, 15) is 27.2 Å². The number of carbonyl (C=O) groups is 2. The van der Waals surface area contributed by atoms with Crippen LogP contribution in [0.15, 0.2) is 53.4 Å². The number of benzene rings is 1. The number of hydrogen-bond donors (Lipinski definition) is 2. The summed E-state index contributed by atoms with van der Waals surface area (Å²) in [5, 5.41) is 10.8. The van der Waals surface area contributed by atoms with Crippen LogP contribution in [-0.4, -0.2) is 60.4 Å². The number of nitrogen functional groups attached to an aromatic ring is 1. The minimum absolute atomic E-state index is 0.0439. The SMILES string of the molecule is Nc1nc(-c2cc(-c3ccon3)n(Cc3ccccc3F)n2)ncc1NC(=O)[C@H]1CCCN1C(=O)C(F)(F)F. The molecule has 3 aromatic heterocycles. The molecule has 4 aromatic rings. The summed E-state index contributed by atoms with van der Waals surface area (Å²) in [7, 11) is 0. The van der Waals surface area contributed by atoms with E-state index in [0.29, 0.717) is 21.9 Å². The van der Waals surface area contributed by atoms with Gasteiger partial charge in [0.15, 0.2) is 11.6 Å². The number of nitrogens with two attached hydrogens (primary N) is 1. The maximum atomic E-state index is 14.3. The maximum absolute atomic E-state index is 14.3. The van der Waals surface area contributed by atoms with Gasteiger partial charge in [0.25, 0.3) is 0 Å². The quantitative estimate of drug-likeness (QED) is 0.352. The summed E-state index contributed by atoms with van der Waals surface area (Å²) >= 11 is 0. The number of halogens is 4. The van der Waals surface area contributed by atoms with E-state index in [1.807, 2.05) is 0 Å². The molecule has 1 saturated heterocycles. The Morgan fingerprint density at radius 3 is 2.67 bits per heavy atom. The molecule has 1 aromatic carbocycles. The van der Waals surface area contributed by atoms with Gasteiger partial charge in [-0.1, -0.05) is 23.4 Å². The van der Waals surface area contributed by atoms with E-state index >= 15 is 0 Å². The van der Waals surface area contributed by atoms with Gasteiger partial charge in [0.2, 0.25) is 5.91 Å².